The lowest BCUT2D eigenvalue weighted by Crippen LogP contribution is -2.28. The van der Waals surface area contributed by atoms with Gasteiger partial charge in [-0.1, -0.05) is 0 Å². The number of nitro groups is 1. The van der Waals surface area contributed by atoms with Crippen molar-refractivity contribution in [3.63, 3.8) is 0 Å². The first-order chi connectivity index (χ1) is 5.16. The van der Waals surface area contributed by atoms with Gasteiger partial charge in [-0.25, -0.2) is 0 Å². The number of nitrogens with zero attached hydrogens (tertiary/aromatic N) is 1. The first-order valence-electron chi connectivity index (χ1n) is 3.06. The Morgan fingerprint density at radius 2 is 2.36 bits per heavy atom. The maximum Gasteiger partial charge on any atom is 0.319 e. The van der Waals surface area contributed by atoms with E-state index in [9.17, 15) is 14.9 Å². The van der Waals surface area contributed by atoms with Crippen molar-refractivity contribution in [2.45, 2.75) is 0 Å². The molecule has 0 aromatic carbocycles. The van der Waals surface area contributed by atoms with Crippen LogP contribution in [-0.2, 0) is 9.53 Å². The summed E-state index contributed by atoms with van der Waals surface area (Å²) >= 11 is 0. The molecular formula is C5H10N2O4. The zero-order valence-corrected chi connectivity index (χ0v) is 6.20. The lowest BCUT2D eigenvalue weighted by atomic mass is 10.6. The maximum absolute atomic E-state index is 10.4. The molecule has 0 rings (SSSR count). The third-order valence-electron chi connectivity index (χ3n) is 0.968. The van der Waals surface area contributed by atoms with Crippen molar-refractivity contribution in [1.82, 2.24) is 5.32 Å². The number of ether oxygens (including phenoxy) is 1. The van der Waals surface area contributed by atoms with E-state index in [1.807, 2.05) is 0 Å². The van der Waals surface area contributed by atoms with Crippen LogP contribution in [0.5, 0.6) is 0 Å². The summed E-state index contributed by atoms with van der Waals surface area (Å²) in [6.07, 6.45) is 0. The molecule has 0 aliphatic heterocycles. The average molecular weight is 162 g/mol. The monoisotopic (exact) mass is 162 g/mol. The standard InChI is InChI=1S/C5H10N2O4/c1-11-5(8)4-6-2-3-7(9)10/h6H,2-4H2,1H3. The number of hydrogen-bond donors (Lipinski definition) is 1. The molecule has 0 radical (unpaired) electrons. The van der Waals surface area contributed by atoms with Crippen molar-refractivity contribution >= 4 is 5.97 Å². The highest BCUT2D eigenvalue weighted by Gasteiger charge is 2.00. The molecule has 0 unspecified atom stereocenters. The van der Waals surface area contributed by atoms with Gasteiger partial charge in [0.2, 0.25) is 6.54 Å². The molecule has 11 heavy (non-hydrogen) atoms. The first-order valence-corrected chi connectivity index (χ1v) is 3.06. The van der Waals surface area contributed by atoms with Crippen LogP contribution < -0.4 is 5.32 Å². The second-order valence-electron chi connectivity index (χ2n) is 1.81. The zero-order valence-electron chi connectivity index (χ0n) is 6.20. The molecule has 0 aromatic rings. The van der Waals surface area contributed by atoms with Crippen LogP contribution in [0.2, 0.25) is 0 Å². The Morgan fingerprint density at radius 1 is 1.73 bits per heavy atom. The quantitative estimate of drug-likeness (QED) is 0.243. The highest BCUT2D eigenvalue weighted by Crippen LogP contribution is 1.70. The van der Waals surface area contributed by atoms with Crippen molar-refractivity contribution in [3.8, 4) is 0 Å². The van der Waals surface area contributed by atoms with Gasteiger partial charge in [0.1, 0.15) is 0 Å². The Morgan fingerprint density at radius 3 is 2.82 bits per heavy atom. The smallest absolute Gasteiger partial charge is 0.319 e. The Hall–Kier alpha value is -1.17. The molecule has 0 aliphatic carbocycles. The topological polar surface area (TPSA) is 81.5 Å². The Labute approximate surface area is 63.7 Å². The van der Waals surface area contributed by atoms with E-state index in [0.29, 0.717) is 0 Å². The van der Waals surface area contributed by atoms with Gasteiger partial charge in [-0.3, -0.25) is 14.9 Å². The van der Waals surface area contributed by atoms with Crippen molar-refractivity contribution in [1.29, 1.82) is 0 Å². The van der Waals surface area contributed by atoms with Gasteiger partial charge in [-0.2, -0.15) is 0 Å². The number of carbonyl (C=O) groups is 1. The third-order valence-corrected chi connectivity index (χ3v) is 0.968. The fourth-order valence-corrected chi connectivity index (χ4v) is 0.433. The molecule has 0 fully saturated rings. The van der Waals surface area contributed by atoms with Gasteiger partial charge in [-0.15, -0.1) is 0 Å². The molecule has 0 saturated carbocycles. The van der Waals surface area contributed by atoms with Crippen molar-refractivity contribution < 1.29 is 14.5 Å². The van der Waals surface area contributed by atoms with Crippen LogP contribution in [0.4, 0.5) is 0 Å². The summed E-state index contributed by atoms with van der Waals surface area (Å²) in [6.45, 7) is 0.0173. The van der Waals surface area contributed by atoms with Crippen LogP contribution in [0.1, 0.15) is 0 Å². The van der Waals surface area contributed by atoms with Crippen LogP contribution in [0, 0.1) is 10.1 Å². The Kier molecular flexibility index (Phi) is 5.01. The zero-order chi connectivity index (χ0) is 8.69. The Balaban J connectivity index is 3.14. The van der Waals surface area contributed by atoms with E-state index < -0.39 is 10.9 Å². The van der Waals surface area contributed by atoms with Crippen molar-refractivity contribution in [3.05, 3.63) is 10.1 Å². The van der Waals surface area contributed by atoms with E-state index in [-0.39, 0.29) is 19.6 Å². The molecule has 64 valence electrons. The molecule has 0 aromatic heterocycles. The van der Waals surface area contributed by atoms with Gasteiger partial charge in [0.15, 0.2) is 0 Å². The lowest BCUT2D eigenvalue weighted by Gasteiger charge is -1.98. The highest BCUT2D eigenvalue weighted by atomic mass is 16.6. The van der Waals surface area contributed by atoms with Gasteiger partial charge in [0.25, 0.3) is 0 Å². The molecule has 0 amide bonds. The normalized spacial score (nSPS) is 9.18. The molecule has 0 atom stereocenters. The van der Waals surface area contributed by atoms with E-state index in [1.165, 1.54) is 7.11 Å². The molecule has 6 nitrogen and oxygen atoms in total. The number of methoxy groups -OCH3 is 1. The molecule has 6 heteroatoms. The highest BCUT2D eigenvalue weighted by molar-refractivity contribution is 5.71. The van der Waals surface area contributed by atoms with Crippen molar-refractivity contribution in [2.75, 3.05) is 26.7 Å². The third kappa shape index (κ3) is 6.72. The predicted molar refractivity (Wildman–Crippen MR) is 36.7 cm³/mol. The molecular weight excluding hydrogens is 152 g/mol. The first kappa shape index (κ1) is 9.83. The van der Waals surface area contributed by atoms with E-state index in [2.05, 4.69) is 10.1 Å². The summed E-state index contributed by atoms with van der Waals surface area (Å²) in [5.74, 6) is -0.423. The van der Waals surface area contributed by atoms with Crippen LogP contribution in [-0.4, -0.2) is 37.6 Å². The molecule has 0 bridgehead atoms. The van der Waals surface area contributed by atoms with Crippen LogP contribution >= 0.6 is 0 Å². The van der Waals surface area contributed by atoms with Gasteiger partial charge in [0, 0.05) is 4.92 Å². The van der Waals surface area contributed by atoms with Crippen molar-refractivity contribution in [2.24, 2.45) is 0 Å². The lowest BCUT2D eigenvalue weighted by molar-refractivity contribution is -0.477. The van der Waals surface area contributed by atoms with E-state index >= 15 is 0 Å². The second-order valence-corrected chi connectivity index (χ2v) is 1.81. The molecule has 0 saturated heterocycles. The minimum absolute atomic E-state index is 0.0182. The number of esters is 1. The minimum atomic E-state index is -0.454. The summed E-state index contributed by atoms with van der Waals surface area (Å²) in [5.41, 5.74) is 0. The number of carbonyl (C=O) groups excluding carboxylic acids is 1. The number of hydrogen-bond acceptors (Lipinski definition) is 5. The van der Waals surface area contributed by atoms with Crippen LogP contribution in [0.3, 0.4) is 0 Å². The summed E-state index contributed by atoms with van der Waals surface area (Å²) in [5, 5.41) is 12.3. The molecule has 0 heterocycles. The Bertz CT molecular complexity index is 147. The van der Waals surface area contributed by atoms with Crippen LogP contribution in [0.25, 0.3) is 0 Å². The summed E-state index contributed by atoms with van der Waals surface area (Å²) < 4.78 is 4.29. The summed E-state index contributed by atoms with van der Waals surface area (Å²) in [6, 6.07) is 0. The minimum Gasteiger partial charge on any atom is -0.468 e. The molecule has 0 spiro atoms. The molecule has 0 aliphatic rings. The molecule has 1 N–H and O–H groups in total. The SMILES string of the molecule is COC(=O)CNCC[N+](=O)[O-]. The fourth-order valence-electron chi connectivity index (χ4n) is 0.433. The van der Waals surface area contributed by atoms with E-state index in [4.69, 9.17) is 0 Å². The summed E-state index contributed by atoms with van der Waals surface area (Å²) in [7, 11) is 1.26. The maximum atomic E-state index is 10.4. The van der Waals surface area contributed by atoms with E-state index in [0.717, 1.165) is 0 Å². The van der Waals surface area contributed by atoms with Gasteiger partial charge in [-0.05, 0) is 0 Å². The number of nitrogens with one attached hydrogen (secondary N) is 1. The average Bonchev–Trinajstić information content (AvgIpc) is 1.97. The number of rotatable bonds is 5. The van der Waals surface area contributed by atoms with Crippen LogP contribution in [0.15, 0.2) is 0 Å². The summed E-state index contributed by atoms with van der Waals surface area (Å²) in [4.78, 5) is 19.7. The fraction of sp³-hybridized carbons (Fsp3) is 0.800. The predicted octanol–water partition coefficient (Wildman–Crippen LogP) is -0.974. The van der Waals surface area contributed by atoms with E-state index in [1.54, 1.807) is 0 Å². The largest absolute Gasteiger partial charge is 0.468 e. The van der Waals surface area contributed by atoms with Gasteiger partial charge in [0.05, 0.1) is 20.2 Å². The van der Waals surface area contributed by atoms with Gasteiger partial charge < -0.3 is 10.1 Å². The van der Waals surface area contributed by atoms with Gasteiger partial charge >= 0.3 is 5.97 Å². The second kappa shape index (κ2) is 5.60.